The first-order chi connectivity index (χ1) is 9.28. The molecule has 0 fully saturated rings. The fraction of sp³-hybridized carbons (Fsp3) is 0.231. The first kappa shape index (κ1) is 12.0. The number of nitrogens with one attached hydrogen (secondary N) is 1. The van der Waals surface area contributed by atoms with E-state index in [1.54, 1.807) is 0 Å². The van der Waals surface area contributed by atoms with E-state index in [1.807, 2.05) is 24.3 Å². The van der Waals surface area contributed by atoms with Crippen molar-refractivity contribution in [2.45, 2.75) is 6.04 Å². The van der Waals surface area contributed by atoms with Gasteiger partial charge in [-0.05, 0) is 6.07 Å². The van der Waals surface area contributed by atoms with E-state index < -0.39 is 0 Å². The molecule has 3 rings (SSSR count). The zero-order valence-corrected chi connectivity index (χ0v) is 11.1. The molecule has 1 unspecified atom stereocenters. The molecule has 0 bridgehead atoms. The number of anilines is 1. The van der Waals surface area contributed by atoms with Crippen molar-refractivity contribution in [3.8, 4) is 5.75 Å². The van der Waals surface area contributed by atoms with E-state index in [-0.39, 0.29) is 12.0 Å². The molecule has 6 heteroatoms. The third-order valence-electron chi connectivity index (χ3n) is 2.89. The molecule has 1 aromatic heterocycles. The zero-order chi connectivity index (χ0) is 13.2. The highest BCUT2D eigenvalue weighted by molar-refractivity contribution is 7.17. The number of carbonyl (C=O) groups is 1. The second kappa shape index (κ2) is 4.89. The molecule has 0 saturated heterocycles. The van der Waals surface area contributed by atoms with Gasteiger partial charge in [0, 0.05) is 5.56 Å². The van der Waals surface area contributed by atoms with Gasteiger partial charge in [0.1, 0.15) is 17.2 Å². The van der Waals surface area contributed by atoms with Crippen molar-refractivity contribution in [2.75, 3.05) is 19.0 Å². The quantitative estimate of drug-likeness (QED) is 0.873. The van der Waals surface area contributed by atoms with E-state index >= 15 is 0 Å². The maximum absolute atomic E-state index is 11.4. The number of benzene rings is 1. The van der Waals surface area contributed by atoms with Gasteiger partial charge < -0.3 is 14.8 Å². The minimum absolute atomic E-state index is 0.0628. The average Bonchev–Trinajstić information content (AvgIpc) is 3.06. The van der Waals surface area contributed by atoms with Crippen LogP contribution in [0.3, 0.4) is 0 Å². The van der Waals surface area contributed by atoms with Crippen LogP contribution in [0.25, 0.3) is 0 Å². The van der Waals surface area contributed by atoms with E-state index in [1.165, 1.54) is 24.6 Å². The average molecular weight is 276 g/mol. The molecule has 0 amide bonds. The summed E-state index contributed by atoms with van der Waals surface area (Å²) in [6, 6.07) is 7.95. The van der Waals surface area contributed by atoms with Crippen molar-refractivity contribution in [3.63, 3.8) is 0 Å². The highest BCUT2D eigenvalue weighted by Gasteiger charge is 2.24. The summed E-state index contributed by atoms with van der Waals surface area (Å²) in [6.07, 6.45) is 1.51. The Balaban J connectivity index is 1.76. The molecule has 0 spiro atoms. The molecule has 0 saturated carbocycles. The number of hydrogen-bond donors (Lipinski definition) is 1. The Hall–Kier alpha value is -2.08. The molecule has 1 atom stereocenters. The lowest BCUT2D eigenvalue weighted by Gasteiger charge is -2.09. The summed E-state index contributed by atoms with van der Waals surface area (Å²) in [6.45, 7) is 0.562. The number of methoxy groups -OCH3 is 1. The Labute approximate surface area is 114 Å². The molecule has 2 aromatic rings. The van der Waals surface area contributed by atoms with Crippen LogP contribution in [0, 0.1) is 0 Å². The van der Waals surface area contributed by atoms with Gasteiger partial charge in [-0.3, -0.25) is 0 Å². The summed E-state index contributed by atoms with van der Waals surface area (Å²) in [5.74, 6) is 0.526. The molecule has 0 aliphatic carbocycles. The van der Waals surface area contributed by atoms with E-state index in [9.17, 15) is 4.79 Å². The van der Waals surface area contributed by atoms with Gasteiger partial charge in [0.25, 0.3) is 0 Å². The van der Waals surface area contributed by atoms with Crippen LogP contribution in [0.2, 0.25) is 0 Å². The maximum atomic E-state index is 11.4. The predicted octanol–water partition coefficient (Wildman–Crippen LogP) is 2.48. The lowest BCUT2D eigenvalue weighted by atomic mass is 10.1. The first-order valence-corrected chi connectivity index (χ1v) is 6.62. The fourth-order valence-electron chi connectivity index (χ4n) is 1.97. The first-order valence-electron chi connectivity index (χ1n) is 5.80. The zero-order valence-electron chi connectivity index (χ0n) is 10.3. The molecule has 2 heterocycles. The van der Waals surface area contributed by atoms with Crippen molar-refractivity contribution in [1.82, 2.24) is 4.98 Å². The molecular formula is C13H12N2O3S. The summed E-state index contributed by atoms with van der Waals surface area (Å²) >= 11 is 1.27. The second-order valence-corrected chi connectivity index (χ2v) is 5.10. The van der Waals surface area contributed by atoms with Crippen LogP contribution in [-0.4, -0.2) is 24.7 Å². The number of rotatable bonds is 3. The van der Waals surface area contributed by atoms with Crippen molar-refractivity contribution in [3.05, 3.63) is 40.9 Å². The lowest BCUT2D eigenvalue weighted by molar-refractivity contribution is 0.0606. The minimum atomic E-state index is -0.367. The van der Waals surface area contributed by atoms with Crippen molar-refractivity contribution < 1.29 is 14.3 Å². The number of esters is 1. The van der Waals surface area contributed by atoms with Gasteiger partial charge >= 0.3 is 5.97 Å². The van der Waals surface area contributed by atoms with E-state index in [0.717, 1.165) is 11.3 Å². The van der Waals surface area contributed by atoms with Crippen molar-refractivity contribution in [1.29, 1.82) is 0 Å². The standard InChI is InChI=1S/C13H12N2O3S/c1-17-12(16)11-6-14-13(19-11)15-9-7-18-10-5-3-2-4-8(9)10/h2-6,9H,7H2,1H3,(H,14,15). The van der Waals surface area contributed by atoms with E-state index in [0.29, 0.717) is 16.6 Å². The molecule has 1 aliphatic rings. The number of hydrogen-bond acceptors (Lipinski definition) is 6. The molecule has 1 aliphatic heterocycles. The number of aromatic nitrogens is 1. The molecule has 98 valence electrons. The largest absolute Gasteiger partial charge is 0.491 e. The van der Waals surface area contributed by atoms with Crippen LogP contribution in [0.15, 0.2) is 30.5 Å². The van der Waals surface area contributed by atoms with Gasteiger partial charge in [-0.2, -0.15) is 0 Å². The van der Waals surface area contributed by atoms with Gasteiger partial charge in [0.05, 0.1) is 19.3 Å². The second-order valence-electron chi connectivity index (χ2n) is 4.07. The van der Waals surface area contributed by atoms with Gasteiger partial charge in [-0.15, -0.1) is 0 Å². The van der Waals surface area contributed by atoms with Crippen LogP contribution >= 0.6 is 11.3 Å². The molecule has 1 N–H and O–H groups in total. The number of thiazole rings is 1. The Morgan fingerprint density at radius 3 is 3.21 bits per heavy atom. The molecule has 19 heavy (non-hydrogen) atoms. The maximum Gasteiger partial charge on any atom is 0.349 e. The summed E-state index contributed by atoms with van der Waals surface area (Å²) in [7, 11) is 1.36. The van der Waals surface area contributed by atoms with Gasteiger partial charge in [0.15, 0.2) is 5.13 Å². The van der Waals surface area contributed by atoms with Crippen molar-refractivity contribution >= 4 is 22.4 Å². The number of carbonyl (C=O) groups excluding carboxylic acids is 1. The number of fused-ring (bicyclic) bond motifs is 1. The Morgan fingerprint density at radius 2 is 2.37 bits per heavy atom. The molecular weight excluding hydrogens is 264 g/mol. The number of nitrogens with zero attached hydrogens (tertiary/aromatic N) is 1. The Morgan fingerprint density at radius 1 is 1.53 bits per heavy atom. The Bertz CT molecular complexity index is 611. The third-order valence-corrected chi connectivity index (χ3v) is 3.80. The third kappa shape index (κ3) is 2.26. The summed E-state index contributed by atoms with van der Waals surface area (Å²) in [4.78, 5) is 16.0. The van der Waals surface area contributed by atoms with Gasteiger partial charge in [0.2, 0.25) is 0 Å². The summed E-state index contributed by atoms with van der Waals surface area (Å²) in [5.41, 5.74) is 1.11. The highest BCUT2D eigenvalue weighted by Crippen LogP contribution is 2.34. The highest BCUT2D eigenvalue weighted by atomic mass is 32.1. The normalized spacial score (nSPS) is 16.6. The van der Waals surface area contributed by atoms with E-state index in [4.69, 9.17) is 4.74 Å². The van der Waals surface area contributed by atoms with Crippen LogP contribution in [-0.2, 0) is 4.74 Å². The molecule has 1 aromatic carbocycles. The van der Waals surface area contributed by atoms with Crippen molar-refractivity contribution in [2.24, 2.45) is 0 Å². The summed E-state index contributed by atoms with van der Waals surface area (Å²) in [5, 5.41) is 3.96. The minimum Gasteiger partial charge on any atom is -0.491 e. The monoisotopic (exact) mass is 276 g/mol. The van der Waals surface area contributed by atoms with Crippen LogP contribution < -0.4 is 10.1 Å². The number of ether oxygens (including phenoxy) is 2. The SMILES string of the molecule is COC(=O)c1cnc(NC2COc3ccccc32)s1. The topological polar surface area (TPSA) is 60.5 Å². The van der Waals surface area contributed by atoms with Crippen LogP contribution in [0.5, 0.6) is 5.75 Å². The molecule has 0 radical (unpaired) electrons. The van der Waals surface area contributed by atoms with Gasteiger partial charge in [-0.25, -0.2) is 9.78 Å². The smallest absolute Gasteiger partial charge is 0.349 e. The van der Waals surface area contributed by atoms with Gasteiger partial charge in [-0.1, -0.05) is 29.5 Å². The lowest BCUT2D eigenvalue weighted by Crippen LogP contribution is -2.11. The van der Waals surface area contributed by atoms with Crippen LogP contribution in [0.1, 0.15) is 21.3 Å². The van der Waals surface area contributed by atoms with Crippen LogP contribution in [0.4, 0.5) is 5.13 Å². The van der Waals surface area contributed by atoms with E-state index in [2.05, 4.69) is 15.0 Å². The summed E-state index contributed by atoms with van der Waals surface area (Å²) < 4.78 is 10.2. The molecule has 5 nitrogen and oxygen atoms in total. The predicted molar refractivity (Wildman–Crippen MR) is 71.8 cm³/mol. The Kier molecular flexibility index (Phi) is 3.08. The fourth-order valence-corrected chi connectivity index (χ4v) is 2.75. The number of para-hydroxylation sites is 1.